The van der Waals surface area contributed by atoms with Crippen LogP contribution < -0.4 is 10.6 Å². The van der Waals surface area contributed by atoms with Crippen molar-refractivity contribution in [1.82, 2.24) is 10.6 Å². The van der Waals surface area contributed by atoms with Gasteiger partial charge in [0.2, 0.25) is 5.91 Å². The van der Waals surface area contributed by atoms with Crippen molar-refractivity contribution in [3.05, 3.63) is 35.4 Å². The number of carbonyl (C=O) groups is 1. The first-order valence-electron chi connectivity index (χ1n) is 6.70. The van der Waals surface area contributed by atoms with Crippen LogP contribution in [-0.4, -0.2) is 30.2 Å². The molecule has 1 aromatic rings. The summed E-state index contributed by atoms with van der Waals surface area (Å²) in [6.45, 7) is 5.14. The molecular formula is C15H22N2O2. The van der Waals surface area contributed by atoms with E-state index in [2.05, 4.69) is 22.8 Å². The van der Waals surface area contributed by atoms with E-state index >= 15 is 0 Å². The minimum Gasteiger partial charge on any atom is -0.396 e. The molecule has 0 bridgehead atoms. The lowest BCUT2D eigenvalue weighted by Gasteiger charge is -2.27. The van der Waals surface area contributed by atoms with E-state index in [9.17, 15) is 9.90 Å². The van der Waals surface area contributed by atoms with Crippen molar-refractivity contribution in [2.45, 2.75) is 32.9 Å². The van der Waals surface area contributed by atoms with Gasteiger partial charge in [0.1, 0.15) is 0 Å². The highest BCUT2D eigenvalue weighted by Gasteiger charge is 2.25. The second kappa shape index (κ2) is 5.72. The van der Waals surface area contributed by atoms with E-state index in [-0.39, 0.29) is 24.0 Å². The molecule has 4 heteroatoms. The fourth-order valence-corrected chi connectivity index (χ4v) is 2.15. The van der Waals surface area contributed by atoms with Gasteiger partial charge in [0, 0.05) is 25.1 Å². The van der Waals surface area contributed by atoms with Crippen LogP contribution in [0.1, 0.15) is 25.0 Å². The summed E-state index contributed by atoms with van der Waals surface area (Å²) in [6.07, 6.45) is 0.724. The van der Waals surface area contributed by atoms with E-state index in [0.717, 1.165) is 13.0 Å². The Morgan fingerprint density at radius 1 is 1.42 bits per heavy atom. The Labute approximate surface area is 114 Å². The summed E-state index contributed by atoms with van der Waals surface area (Å²) in [4.78, 5) is 12.1. The molecule has 1 heterocycles. The van der Waals surface area contributed by atoms with E-state index in [4.69, 9.17) is 0 Å². The van der Waals surface area contributed by atoms with Crippen molar-refractivity contribution >= 4 is 5.91 Å². The van der Waals surface area contributed by atoms with Crippen LogP contribution in [-0.2, 0) is 17.8 Å². The van der Waals surface area contributed by atoms with Gasteiger partial charge in [-0.05, 0) is 17.5 Å². The number of fused-ring (bicyclic) bond motifs is 1. The number of hydrogen-bond donors (Lipinski definition) is 3. The molecule has 0 saturated carbocycles. The van der Waals surface area contributed by atoms with Gasteiger partial charge in [-0.25, -0.2) is 0 Å². The van der Waals surface area contributed by atoms with E-state index in [1.54, 1.807) is 0 Å². The second-order valence-corrected chi connectivity index (χ2v) is 5.95. The molecule has 0 fully saturated rings. The summed E-state index contributed by atoms with van der Waals surface area (Å²) in [5.41, 5.74) is 2.23. The summed E-state index contributed by atoms with van der Waals surface area (Å²) in [6, 6.07) is 8.02. The summed E-state index contributed by atoms with van der Waals surface area (Å²) in [7, 11) is 0. The summed E-state index contributed by atoms with van der Waals surface area (Å²) in [5.74, 6) is 0.0102. The Balaban J connectivity index is 1.92. The minimum atomic E-state index is -0.276. The van der Waals surface area contributed by atoms with Crippen LogP contribution in [0.2, 0.25) is 0 Å². The third-order valence-electron chi connectivity index (χ3n) is 3.57. The molecule has 0 aliphatic carbocycles. The third-order valence-corrected chi connectivity index (χ3v) is 3.57. The molecule has 4 nitrogen and oxygen atoms in total. The zero-order chi connectivity index (χ0) is 13.9. The van der Waals surface area contributed by atoms with Crippen molar-refractivity contribution in [3.8, 4) is 0 Å². The topological polar surface area (TPSA) is 61.4 Å². The molecular weight excluding hydrogens is 240 g/mol. The highest BCUT2D eigenvalue weighted by molar-refractivity contribution is 5.82. The summed E-state index contributed by atoms with van der Waals surface area (Å²) in [5, 5.41) is 15.3. The first-order chi connectivity index (χ1) is 9.02. The molecule has 1 aliphatic heterocycles. The third kappa shape index (κ3) is 3.55. The molecule has 3 N–H and O–H groups in total. The Bertz CT molecular complexity index is 457. The first kappa shape index (κ1) is 14.0. The van der Waals surface area contributed by atoms with Crippen molar-refractivity contribution in [1.29, 1.82) is 0 Å². The minimum absolute atomic E-state index is 0.0102. The molecule has 19 heavy (non-hydrogen) atoms. The molecule has 1 unspecified atom stereocenters. The first-order valence-corrected chi connectivity index (χ1v) is 6.70. The van der Waals surface area contributed by atoms with Crippen LogP contribution in [0.3, 0.4) is 0 Å². The number of aliphatic hydroxyl groups is 1. The monoisotopic (exact) mass is 262 g/mol. The molecule has 1 amide bonds. The van der Waals surface area contributed by atoms with Gasteiger partial charge in [0.25, 0.3) is 0 Å². The molecule has 1 aromatic carbocycles. The van der Waals surface area contributed by atoms with E-state index in [1.165, 1.54) is 11.1 Å². The summed E-state index contributed by atoms with van der Waals surface area (Å²) < 4.78 is 0. The Morgan fingerprint density at radius 2 is 2.11 bits per heavy atom. The SMILES string of the molecule is CC(C)(CO)CNC(=O)C1Cc2ccccc2CN1. The standard InChI is InChI=1S/C15H22N2O2/c1-15(2,10-18)9-17-14(19)13-7-11-5-3-4-6-12(11)8-16-13/h3-6,13,16,18H,7-10H2,1-2H3,(H,17,19). The number of carbonyl (C=O) groups excluding carboxylic acids is 1. The predicted molar refractivity (Wildman–Crippen MR) is 74.7 cm³/mol. The molecule has 0 spiro atoms. The van der Waals surface area contributed by atoms with Gasteiger partial charge in [-0.1, -0.05) is 38.1 Å². The van der Waals surface area contributed by atoms with Crippen molar-refractivity contribution in [2.24, 2.45) is 5.41 Å². The molecule has 1 atom stereocenters. The fourth-order valence-electron chi connectivity index (χ4n) is 2.15. The van der Waals surface area contributed by atoms with Gasteiger partial charge < -0.3 is 15.7 Å². The van der Waals surface area contributed by atoms with Crippen molar-refractivity contribution in [2.75, 3.05) is 13.2 Å². The smallest absolute Gasteiger partial charge is 0.237 e. The molecule has 1 aliphatic rings. The van der Waals surface area contributed by atoms with Gasteiger partial charge in [-0.15, -0.1) is 0 Å². The number of hydrogen-bond acceptors (Lipinski definition) is 3. The Hall–Kier alpha value is -1.39. The normalized spacial score (nSPS) is 18.8. The number of nitrogens with one attached hydrogen (secondary N) is 2. The van der Waals surface area contributed by atoms with E-state index in [1.807, 2.05) is 26.0 Å². The predicted octanol–water partition coefficient (Wildman–Crippen LogP) is 0.836. The molecule has 104 valence electrons. The van der Waals surface area contributed by atoms with Gasteiger partial charge >= 0.3 is 0 Å². The lowest BCUT2D eigenvalue weighted by Crippen LogP contribution is -2.49. The average molecular weight is 262 g/mol. The largest absolute Gasteiger partial charge is 0.396 e. The van der Waals surface area contributed by atoms with Crippen LogP contribution in [0.4, 0.5) is 0 Å². The Kier molecular flexibility index (Phi) is 4.22. The molecule has 2 rings (SSSR count). The second-order valence-electron chi connectivity index (χ2n) is 5.95. The summed E-state index contributed by atoms with van der Waals surface area (Å²) >= 11 is 0. The highest BCUT2D eigenvalue weighted by atomic mass is 16.3. The van der Waals surface area contributed by atoms with E-state index < -0.39 is 0 Å². The zero-order valence-electron chi connectivity index (χ0n) is 11.6. The molecule has 0 radical (unpaired) electrons. The quantitative estimate of drug-likeness (QED) is 0.753. The van der Waals surface area contributed by atoms with Crippen molar-refractivity contribution < 1.29 is 9.90 Å². The van der Waals surface area contributed by atoms with Crippen LogP contribution in [0, 0.1) is 5.41 Å². The maximum absolute atomic E-state index is 12.1. The maximum Gasteiger partial charge on any atom is 0.237 e. The van der Waals surface area contributed by atoms with Gasteiger partial charge in [-0.2, -0.15) is 0 Å². The maximum atomic E-state index is 12.1. The highest BCUT2D eigenvalue weighted by Crippen LogP contribution is 2.17. The lowest BCUT2D eigenvalue weighted by atomic mass is 9.93. The average Bonchev–Trinajstić information content (AvgIpc) is 2.44. The number of aliphatic hydroxyl groups excluding tert-OH is 1. The van der Waals surface area contributed by atoms with Gasteiger partial charge in [0.15, 0.2) is 0 Å². The number of amides is 1. The van der Waals surface area contributed by atoms with Gasteiger partial charge in [0.05, 0.1) is 6.04 Å². The van der Waals surface area contributed by atoms with Crippen LogP contribution in [0.15, 0.2) is 24.3 Å². The number of rotatable bonds is 4. The molecule has 0 aromatic heterocycles. The zero-order valence-corrected chi connectivity index (χ0v) is 11.6. The van der Waals surface area contributed by atoms with Crippen LogP contribution in [0.25, 0.3) is 0 Å². The lowest BCUT2D eigenvalue weighted by molar-refractivity contribution is -0.123. The van der Waals surface area contributed by atoms with Gasteiger partial charge in [-0.3, -0.25) is 4.79 Å². The van der Waals surface area contributed by atoms with Crippen LogP contribution in [0.5, 0.6) is 0 Å². The molecule has 0 saturated heterocycles. The Morgan fingerprint density at radius 3 is 2.79 bits per heavy atom. The van der Waals surface area contributed by atoms with E-state index in [0.29, 0.717) is 6.54 Å². The number of benzene rings is 1. The fraction of sp³-hybridized carbons (Fsp3) is 0.533. The van der Waals surface area contributed by atoms with Crippen molar-refractivity contribution in [3.63, 3.8) is 0 Å². The van der Waals surface area contributed by atoms with Crippen LogP contribution >= 0.6 is 0 Å².